The van der Waals surface area contributed by atoms with Crippen molar-refractivity contribution in [1.29, 1.82) is 0 Å². The van der Waals surface area contributed by atoms with Crippen LogP contribution in [0.5, 0.6) is 5.88 Å². The second kappa shape index (κ2) is 11.7. The standard InChI is InChI=1S/C30H32ClN7O4/c31-21-4-1-19(2-5-21)15-26-32-11-7-28(34-26)41-22-8-12-37(13-9-22)18-27-33-24-16-20(29-35-30(39)42-36-29)3-6-25(24)38(27)17-23-10-14-40-23/h1-7,11,16,22-23,27,33H,8-10,12-15,17-18H2,(H,35,36,39)/t23-,27?/m0/s1. The monoisotopic (exact) mass is 589 g/mol. The molecule has 0 radical (unpaired) electrons. The summed E-state index contributed by atoms with van der Waals surface area (Å²) in [7, 11) is 0. The topological polar surface area (TPSA) is 122 Å². The van der Waals surface area contributed by atoms with E-state index < -0.39 is 5.76 Å². The molecule has 11 nitrogen and oxygen atoms in total. The highest BCUT2D eigenvalue weighted by atomic mass is 35.5. The van der Waals surface area contributed by atoms with E-state index in [4.69, 9.17) is 25.6 Å². The van der Waals surface area contributed by atoms with Gasteiger partial charge in [-0.2, -0.15) is 4.98 Å². The quantitative estimate of drug-likeness (QED) is 0.297. The van der Waals surface area contributed by atoms with Crippen molar-refractivity contribution in [2.75, 3.05) is 43.0 Å². The highest BCUT2D eigenvalue weighted by Gasteiger charge is 2.35. The first-order valence-corrected chi connectivity index (χ1v) is 14.7. The number of ether oxygens (including phenoxy) is 2. The normalized spacial score (nSPS) is 20.6. The third-order valence-corrected chi connectivity index (χ3v) is 8.37. The van der Waals surface area contributed by atoms with Crippen molar-refractivity contribution in [3.05, 3.63) is 81.7 Å². The number of benzene rings is 2. The number of nitrogens with zero attached hydrogens (tertiary/aromatic N) is 5. The second-order valence-corrected chi connectivity index (χ2v) is 11.4. The van der Waals surface area contributed by atoms with Crippen LogP contribution in [0.1, 0.15) is 30.7 Å². The van der Waals surface area contributed by atoms with Crippen LogP contribution in [-0.4, -0.2) is 76.2 Å². The molecule has 7 rings (SSSR count). The molecule has 2 aromatic heterocycles. The second-order valence-electron chi connectivity index (χ2n) is 11.0. The third-order valence-electron chi connectivity index (χ3n) is 8.12. The van der Waals surface area contributed by atoms with Gasteiger partial charge in [-0.05, 0) is 55.2 Å². The molecular weight excluding hydrogens is 558 g/mol. The van der Waals surface area contributed by atoms with E-state index in [1.165, 1.54) is 0 Å². The fourth-order valence-electron chi connectivity index (χ4n) is 5.79. The summed E-state index contributed by atoms with van der Waals surface area (Å²) < 4.78 is 16.8. The maximum absolute atomic E-state index is 11.5. The van der Waals surface area contributed by atoms with Gasteiger partial charge in [0.05, 0.1) is 17.5 Å². The fourth-order valence-corrected chi connectivity index (χ4v) is 5.91. The Kier molecular flexibility index (Phi) is 7.54. The number of hydrogen-bond donors (Lipinski definition) is 2. The Morgan fingerprint density at radius 3 is 2.62 bits per heavy atom. The first-order chi connectivity index (χ1) is 20.6. The summed E-state index contributed by atoms with van der Waals surface area (Å²) in [6, 6.07) is 15.6. The van der Waals surface area contributed by atoms with Gasteiger partial charge in [-0.1, -0.05) is 28.9 Å². The molecule has 2 aromatic carbocycles. The summed E-state index contributed by atoms with van der Waals surface area (Å²) in [6.07, 6.45) is 5.76. The zero-order valence-corrected chi connectivity index (χ0v) is 23.8. The molecule has 2 saturated heterocycles. The minimum absolute atomic E-state index is 0.102. The van der Waals surface area contributed by atoms with E-state index in [0.29, 0.717) is 23.1 Å². The SMILES string of the molecule is O=c1[nH]c(-c2ccc3c(c2)NC(CN2CCC(Oc4ccnc(Cc5ccc(Cl)cc5)n4)CC2)N3C[C@@H]2CCO2)no1. The van der Waals surface area contributed by atoms with Crippen LogP contribution in [0.4, 0.5) is 11.4 Å². The lowest BCUT2D eigenvalue weighted by atomic mass is 10.1. The summed E-state index contributed by atoms with van der Waals surface area (Å²) >= 11 is 6.01. The number of fused-ring (bicyclic) bond motifs is 1. The van der Waals surface area contributed by atoms with Crippen LogP contribution in [0.25, 0.3) is 11.4 Å². The average molecular weight is 590 g/mol. The highest BCUT2D eigenvalue weighted by Crippen LogP contribution is 2.38. The molecule has 218 valence electrons. The van der Waals surface area contributed by atoms with Gasteiger partial charge in [-0.25, -0.2) is 9.78 Å². The van der Waals surface area contributed by atoms with Gasteiger partial charge in [0.1, 0.15) is 18.1 Å². The molecule has 0 aliphatic carbocycles. The number of H-pyrrole nitrogens is 1. The van der Waals surface area contributed by atoms with Gasteiger partial charge in [0.25, 0.3) is 0 Å². The zero-order chi connectivity index (χ0) is 28.5. The van der Waals surface area contributed by atoms with Crippen LogP contribution in [-0.2, 0) is 11.2 Å². The summed E-state index contributed by atoms with van der Waals surface area (Å²) in [5, 5.41) is 8.26. The Balaban J connectivity index is 0.966. The Labute approximate surface area is 247 Å². The largest absolute Gasteiger partial charge is 0.474 e. The molecule has 0 bridgehead atoms. The van der Waals surface area contributed by atoms with E-state index in [9.17, 15) is 4.79 Å². The van der Waals surface area contributed by atoms with E-state index in [0.717, 1.165) is 80.4 Å². The van der Waals surface area contributed by atoms with E-state index in [-0.39, 0.29) is 18.4 Å². The number of likely N-dealkylation sites (tertiary alicyclic amines) is 1. The maximum atomic E-state index is 11.5. The number of nitrogens with one attached hydrogen (secondary N) is 2. The summed E-state index contributed by atoms with van der Waals surface area (Å²) in [6.45, 7) is 4.38. The van der Waals surface area contributed by atoms with E-state index in [1.54, 1.807) is 6.20 Å². The van der Waals surface area contributed by atoms with E-state index in [2.05, 4.69) is 41.3 Å². The fraction of sp³-hybridized carbons (Fsp3) is 0.400. The third kappa shape index (κ3) is 5.99. The molecule has 0 spiro atoms. The van der Waals surface area contributed by atoms with Crippen LogP contribution in [0.15, 0.2) is 64.0 Å². The molecule has 2 fully saturated rings. The summed E-state index contributed by atoms with van der Waals surface area (Å²) in [5.41, 5.74) is 4.04. The minimum Gasteiger partial charge on any atom is -0.474 e. The first-order valence-electron chi connectivity index (χ1n) is 14.4. The Morgan fingerprint density at radius 2 is 1.88 bits per heavy atom. The zero-order valence-electron chi connectivity index (χ0n) is 23.0. The number of anilines is 2. The van der Waals surface area contributed by atoms with Crippen LogP contribution in [0.2, 0.25) is 5.02 Å². The van der Waals surface area contributed by atoms with Crippen LogP contribution >= 0.6 is 11.6 Å². The van der Waals surface area contributed by atoms with Crippen LogP contribution < -0.4 is 20.7 Å². The van der Waals surface area contributed by atoms with Gasteiger partial charge in [0.2, 0.25) is 5.88 Å². The molecule has 3 aliphatic rings. The molecule has 4 aromatic rings. The number of aromatic amines is 1. The number of halogens is 1. The average Bonchev–Trinajstić information content (AvgIpc) is 3.55. The molecule has 5 heterocycles. The predicted octanol–water partition coefficient (Wildman–Crippen LogP) is 3.95. The Morgan fingerprint density at radius 1 is 1.05 bits per heavy atom. The first kappa shape index (κ1) is 26.9. The molecule has 12 heteroatoms. The van der Waals surface area contributed by atoms with Crippen molar-refractivity contribution < 1.29 is 14.0 Å². The number of piperidine rings is 1. The van der Waals surface area contributed by atoms with Crippen molar-refractivity contribution in [2.24, 2.45) is 0 Å². The van der Waals surface area contributed by atoms with Crippen molar-refractivity contribution in [3.8, 4) is 17.3 Å². The molecule has 3 aliphatic heterocycles. The van der Waals surface area contributed by atoms with Gasteiger partial charge in [-0.3, -0.25) is 14.4 Å². The summed E-state index contributed by atoms with van der Waals surface area (Å²) in [5.74, 6) is 1.21. The highest BCUT2D eigenvalue weighted by molar-refractivity contribution is 6.30. The molecular formula is C30H32ClN7O4. The maximum Gasteiger partial charge on any atom is 0.439 e. The number of aromatic nitrogens is 4. The summed E-state index contributed by atoms with van der Waals surface area (Å²) in [4.78, 5) is 28.0. The van der Waals surface area contributed by atoms with Crippen LogP contribution in [0.3, 0.4) is 0 Å². The van der Waals surface area contributed by atoms with Gasteiger partial charge in [0, 0.05) is 62.1 Å². The Hall–Kier alpha value is -3.93. The Bertz CT molecular complexity index is 1580. The van der Waals surface area contributed by atoms with Crippen molar-refractivity contribution in [1.82, 2.24) is 25.0 Å². The number of rotatable bonds is 9. The van der Waals surface area contributed by atoms with E-state index in [1.807, 2.05) is 42.5 Å². The molecule has 2 N–H and O–H groups in total. The molecule has 0 amide bonds. The smallest absolute Gasteiger partial charge is 0.439 e. The van der Waals surface area contributed by atoms with Crippen molar-refractivity contribution in [2.45, 2.75) is 44.1 Å². The molecule has 2 atom stereocenters. The van der Waals surface area contributed by atoms with Crippen molar-refractivity contribution in [3.63, 3.8) is 0 Å². The molecule has 42 heavy (non-hydrogen) atoms. The molecule has 0 saturated carbocycles. The minimum atomic E-state index is -0.564. The lowest BCUT2D eigenvalue weighted by Crippen LogP contribution is -2.51. The van der Waals surface area contributed by atoms with E-state index >= 15 is 0 Å². The number of hydrogen-bond acceptors (Lipinski definition) is 10. The van der Waals surface area contributed by atoms with Gasteiger partial charge in [0.15, 0.2) is 5.82 Å². The van der Waals surface area contributed by atoms with Gasteiger partial charge < -0.3 is 19.7 Å². The van der Waals surface area contributed by atoms with Crippen LogP contribution in [0, 0.1) is 0 Å². The lowest BCUT2D eigenvalue weighted by Gasteiger charge is -2.38. The molecule has 1 unspecified atom stereocenters. The van der Waals surface area contributed by atoms with Gasteiger partial charge >= 0.3 is 5.76 Å². The lowest BCUT2D eigenvalue weighted by molar-refractivity contribution is -0.0452. The van der Waals surface area contributed by atoms with Gasteiger partial charge in [-0.15, -0.1) is 0 Å². The van der Waals surface area contributed by atoms with Crippen molar-refractivity contribution >= 4 is 23.0 Å². The predicted molar refractivity (Wildman–Crippen MR) is 158 cm³/mol.